The highest BCUT2D eigenvalue weighted by Gasteiger charge is 2.45. The van der Waals surface area contributed by atoms with Crippen molar-refractivity contribution < 1.29 is 32.3 Å². The number of anilines is 5. The second-order valence-electron chi connectivity index (χ2n) is 18.7. The Bertz CT molecular complexity index is 2710. The third kappa shape index (κ3) is 9.32. The predicted molar refractivity (Wildman–Crippen MR) is 254 cm³/mol. The Labute approximate surface area is 395 Å². The maximum Gasteiger partial charge on any atom is 0.262 e. The third-order valence-electron chi connectivity index (χ3n) is 13.8. The van der Waals surface area contributed by atoms with Crippen LogP contribution in [0.1, 0.15) is 104 Å². The Morgan fingerprint density at radius 2 is 1.49 bits per heavy atom. The summed E-state index contributed by atoms with van der Waals surface area (Å²) in [6.07, 6.45) is 5.79. The number of amides is 4. The Morgan fingerprint density at radius 3 is 2.19 bits per heavy atom. The molecule has 3 N–H and O–H groups in total. The van der Waals surface area contributed by atoms with Crippen LogP contribution in [0.15, 0.2) is 59.6 Å². The summed E-state index contributed by atoms with van der Waals surface area (Å²) in [5, 5.41) is 8.21. The first-order chi connectivity index (χ1) is 32.0. The molecule has 1 unspecified atom stereocenters. The second-order valence-corrected chi connectivity index (χ2v) is 21.6. The van der Waals surface area contributed by atoms with Crippen molar-refractivity contribution in [3.05, 3.63) is 82.1 Å². The summed E-state index contributed by atoms with van der Waals surface area (Å²) in [6, 6.07) is 14.1. The fourth-order valence-corrected chi connectivity index (χ4v) is 11.4. The number of nitrogens with one attached hydrogen (secondary N) is 3. The third-order valence-corrected chi connectivity index (χ3v) is 16.3. The standard InChI is InChI=1S/C48H57ClN10O7S/c1-27(2)66-40-23-35(29(5)51-44(40)55-48-50-24-37(49)43(54-48)52-38-8-6-7-9-41(38)67(64,65)28(3)4)30-14-18-56(19-15-30)31-16-20-57(21-17-31)33-25-58(26-33)32-10-11-34-36(22-32)47(63)59(46(34)62)39-12-13-42(60)53-45(39)61/h6-11,22-24,27-28,30-31,33,39H,12-21,25-26H2,1-5H3,(H,53,60,61)(H2,50,51,52,54,55). The van der Waals surface area contributed by atoms with E-state index < -0.39 is 44.8 Å². The number of aromatic nitrogens is 3. The predicted octanol–water partition coefficient (Wildman–Crippen LogP) is 6.22. The summed E-state index contributed by atoms with van der Waals surface area (Å²) in [5.74, 6) is -0.125. The van der Waals surface area contributed by atoms with Crippen molar-refractivity contribution >= 4 is 74.0 Å². The van der Waals surface area contributed by atoms with E-state index in [-0.39, 0.29) is 40.6 Å². The fraction of sp³-hybridized carbons (Fsp3) is 0.479. The zero-order chi connectivity index (χ0) is 47.3. The molecular weight excluding hydrogens is 896 g/mol. The molecule has 0 radical (unpaired) electrons. The number of hydrogen-bond donors (Lipinski definition) is 3. The molecule has 0 bridgehead atoms. The highest BCUT2D eigenvalue weighted by atomic mass is 35.5. The zero-order valence-corrected chi connectivity index (χ0v) is 40.0. The maximum absolute atomic E-state index is 13.4. The van der Waals surface area contributed by atoms with E-state index in [0.29, 0.717) is 46.4 Å². The molecule has 4 amide bonds. The van der Waals surface area contributed by atoms with Crippen LogP contribution in [0.5, 0.6) is 5.75 Å². The molecule has 9 rings (SSSR count). The van der Waals surface area contributed by atoms with Crippen LogP contribution in [0.4, 0.5) is 29.0 Å². The van der Waals surface area contributed by atoms with E-state index in [9.17, 15) is 27.6 Å². The van der Waals surface area contributed by atoms with Gasteiger partial charge in [0.1, 0.15) is 11.1 Å². The molecule has 7 heterocycles. The van der Waals surface area contributed by atoms with Gasteiger partial charge < -0.3 is 25.2 Å². The molecule has 5 aliphatic heterocycles. The van der Waals surface area contributed by atoms with Gasteiger partial charge in [-0.15, -0.1) is 0 Å². The van der Waals surface area contributed by atoms with Gasteiger partial charge in [0.15, 0.2) is 27.2 Å². The molecular formula is C48H57ClN10O7S. The van der Waals surface area contributed by atoms with Gasteiger partial charge in [0.25, 0.3) is 11.8 Å². The van der Waals surface area contributed by atoms with Crippen molar-refractivity contribution in [2.45, 2.75) is 113 Å². The van der Waals surface area contributed by atoms with Gasteiger partial charge in [0, 0.05) is 56.1 Å². The number of imide groups is 2. The normalized spacial score (nSPS) is 20.4. The number of carbonyl (C=O) groups excluding carboxylic acids is 4. The topological polar surface area (TPSA) is 199 Å². The largest absolute Gasteiger partial charge is 0.487 e. The van der Waals surface area contributed by atoms with Gasteiger partial charge in [0.2, 0.25) is 17.8 Å². The van der Waals surface area contributed by atoms with E-state index in [0.717, 1.165) is 81.2 Å². The molecule has 4 fully saturated rings. The minimum Gasteiger partial charge on any atom is -0.487 e. The van der Waals surface area contributed by atoms with E-state index in [2.05, 4.69) is 46.7 Å². The fourth-order valence-electron chi connectivity index (χ4n) is 10.0. The lowest BCUT2D eigenvalue weighted by atomic mass is 9.87. The van der Waals surface area contributed by atoms with Crippen molar-refractivity contribution in [2.75, 3.05) is 54.8 Å². The van der Waals surface area contributed by atoms with Crippen LogP contribution in [0.3, 0.4) is 0 Å². The first-order valence-electron chi connectivity index (χ1n) is 23.2. The molecule has 0 aliphatic carbocycles. The van der Waals surface area contributed by atoms with Crippen molar-refractivity contribution in [3.8, 4) is 5.75 Å². The maximum atomic E-state index is 13.4. The molecule has 19 heteroatoms. The number of para-hydroxylation sites is 1. The number of carbonyl (C=O) groups is 4. The van der Waals surface area contributed by atoms with Gasteiger partial charge in [-0.1, -0.05) is 23.7 Å². The number of hydrogen-bond acceptors (Lipinski definition) is 15. The zero-order valence-electron chi connectivity index (χ0n) is 38.4. The summed E-state index contributed by atoms with van der Waals surface area (Å²) >= 11 is 6.52. The minimum atomic E-state index is -3.59. The van der Waals surface area contributed by atoms with Gasteiger partial charge in [-0.3, -0.25) is 34.3 Å². The van der Waals surface area contributed by atoms with E-state index in [4.69, 9.17) is 21.3 Å². The summed E-state index contributed by atoms with van der Waals surface area (Å²) in [4.78, 5) is 73.4. The summed E-state index contributed by atoms with van der Waals surface area (Å²) in [5.41, 5.74) is 3.91. The number of aryl methyl sites for hydroxylation is 1. The molecule has 4 aromatic rings. The van der Waals surface area contributed by atoms with Crippen molar-refractivity contribution in [1.82, 2.24) is 35.0 Å². The van der Waals surface area contributed by atoms with Crippen LogP contribution < -0.4 is 25.6 Å². The molecule has 2 aromatic heterocycles. The first-order valence-corrected chi connectivity index (χ1v) is 25.1. The lowest BCUT2D eigenvalue weighted by Crippen LogP contribution is -2.62. The van der Waals surface area contributed by atoms with E-state index in [1.807, 2.05) is 26.8 Å². The van der Waals surface area contributed by atoms with Crippen molar-refractivity contribution in [3.63, 3.8) is 0 Å². The van der Waals surface area contributed by atoms with Crippen molar-refractivity contribution in [1.29, 1.82) is 0 Å². The van der Waals surface area contributed by atoms with Crippen molar-refractivity contribution in [2.24, 2.45) is 0 Å². The van der Waals surface area contributed by atoms with Crippen LogP contribution in [-0.2, 0) is 19.4 Å². The van der Waals surface area contributed by atoms with Gasteiger partial charge in [-0.25, -0.2) is 18.4 Å². The molecule has 1 atom stereocenters. The average Bonchev–Trinajstić information content (AvgIpc) is 3.53. The van der Waals surface area contributed by atoms with Crippen LogP contribution in [0.25, 0.3) is 0 Å². The minimum absolute atomic E-state index is 0.0879. The number of nitrogens with zero attached hydrogens (tertiary/aromatic N) is 7. The number of rotatable bonds is 13. The highest BCUT2D eigenvalue weighted by Crippen LogP contribution is 2.39. The average molecular weight is 954 g/mol. The molecule has 17 nitrogen and oxygen atoms in total. The monoisotopic (exact) mass is 952 g/mol. The number of likely N-dealkylation sites (tertiary alicyclic amines) is 2. The molecule has 67 heavy (non-hydrogen) atoms. The van der Waals surface area contributed by atoms with Gasteiger partial charge in [-0.05, 0) is 128 Å². The van der Waals surface area contributed by atoms with Crippen LogP contribution in [0.2, 0.25) is 5.02 Å². The number of benzene rings is 2. The van der Waals surface area contributed by atoms with Gasteiger partial charge in [0.05, 0.1) is 39.3 Å². The summed E-state index contributed by atoms with van der Waals surface area (Å²) in [6.45, 7) is 15.0. The van der Waals surface area contributed by atoms with Gasteiger partial charge >= 0.3 is 0 Å². The molecule has 4 saturated heterocycles. The molecule has 354 valence electrons. The Morgan fingerprint density at radius 1 is 0.806 bits per heavy atom. The number of sulfone groups is 1. The summed E-state index contributed by atoms with van der Waals surface area (Å²) < 4.78 is 32.6. The van der Waals surface area contributed by atoms with E-state index >= 15 is 0 Å². The number of pyridine rings is 1. The SMILES string of the molecule is Cc1nc(Nc2ncc(Cl)c(Nc3ccccc3S(=O)(=O)C(C)C)n2)c(OC(C)C)cc1C1CCN(C2CCN(C3CN(c4ccc5c(c4)C(=O)N(C4CCC(=O)NC4=O)C5=O)C3)CC2)CC1. The molecule has 2 aromatic carbocycles. The Balaban J connectivity index is 0.783. The quantitative estimate of drug-likeness (QED) is 0.128. The lowest BCUT2D eigenvalue weighted by molar-refractivity contribution is -0.136. The van der Waals surface area contributed by atoms with E-state index in [1.54, 1.807) is 50.2 Å². The van der Waals surface area contributed by atoms with Gasteiger partial charge in [-0.2, -0.15) is 4.98 Å². The number of halogens is 1. The van der Waals surface area contributed by atoms with E-state index in [1.165, 1.54) is 11.8 Å². The molecule has 0 spiro atoms. The number of piperidine rings is 3. The first kappa shape index (κ1) is 46.4. The number of ether oxygens (including phenoxy) is 1. The Hall–Kier alpha value is -5.69. The van der Waals surface area contributed by atoms with Crippen LogP contribution >= 0.6 is 11.6 Å². The van der Waals surface area contributed by atoms with Crippen LogP contribution in [-0.4, -0.2) is 130 Å². The number of fused-ring (bicyclic) bond motifs is 1. The van der Waals surface area contributed by atoms with Crippen LogP contribution in [0, 0.1) is 6.92 Å². The Kier molecular flexibility index (Phi) is 13.0. The molecule has 5 aliphatic rings. The second kappa shape index (κ2) is 18.8. The highest BCUT2D eigenvalue weighted by molar-refractivity contribution is 7.92. The summed E-state index contributed by atoms with van der Waals surface area (Å²) in [7, 11) is -3.59. The smallest absolute Gasteiger partial charge is 0.262 e. The lowest BCUT2D eigenvalue weighted by Gasteiger charge is -2.50. The molecule has 0 saturated carbocycles.